The fourth-order valence-electron chi connectivity index (χ4n) is 4.04. The second-order valence-corrected chi connectivity index (χ2v) is 10.6. The average Bonchev–Trinajstić information content (AvgIpc) is 2.68. The van der Waals surface area contributed by atoms with Crippen LogP contribution >= 0.6 is 0 Å². The van der Waals surface area contributed by atoms with Gasteiger partial charge >= 0.3 is 0 Å². The number of nitrogens with one attached hydrogen (secondary N) is 1. The molecule has 1 aliphatic heterocycles. The van der Waals surface area contributed by atoms with Crippen molar-refractivity contribution in [2.45, 2.75) is 58.4 Å². The predicted molar refractivity (Wildman–Crippen MR) is 120 cm³/mol. The molecular formula is C24H32N2O3S. The number of hydrogen-bond donors (Lipinski definition) is 1. The maximum Gasteiger partial charge on any atom is 0.252 e. The number of rotatable bonds is 5. The van der Waals surface area contributed by atoms with Gasteiger partial charge in [0.25, 0.3) is 5.91 Å². The van der Waals surface area contributed by atoms with E-state index in [9.17, 15) is 13.2 Å². The highest BCUT2D eigenvalue weighted by Gasteiger charge is 2.29. The number of benzene rings is 2. The van der Waals surface area contributed by atoms with E-state index >= 15 is 0 Å². The highest BCUT2D eigenvalue weighted by molar-refractivity contribution is 7.89. The summed E-state index contributed by atoms with van der Waals surface area (Å²) >= 11 is 0. The van der Waals surface area contributed by atoms with E-state index in [1.54, 1.807) is 12.1 Å². The molecule has 162 valence electrons. The fraction of sp³-hybridized carbons (Fsp3) is 0.458. The Morgan fingerprint density at radius 2 is 1.70 bits per heavy atom. The zero-order valence-corrected chi connectivity index (χ0v) is 19.3. The monoisotopic (exact) mass is 428 g/mol. The van der Waals surface area contributed by atoms with Crippen molar-refractivity contribution in [2.24, 2.45) is 5.92 Å². The van der Waals surface area contributed by atoms with Gasteiger partial charge in [-0.3, -0.25) is 4.79 Å². The normalized spacial score (nSPS) is 17.0. The van der Waals surface area contributed by atoms with Gasteiger partial charge < -0.3 is 5.32 Å². The first-order valence-electron chi connectivity index (χ1n) is 10.6. The molecule has 6 heteroatoms. The van der Waals surface area contributed by atoms with Crippen LogP contribution in [0.2, 0.25) is 0 Å². The number of sulfonamides is 1. The van der Waals surface area contributed by atoms with E-state index in [4.69, 9.17) is 0 Å². The van der Waals surface area contributed by atoms with Gasteiger partial charge in [-0.1, -0.05) is 36.8 Å². The van der Waals surface area contributed by atoms with Crippen LogP contribution in [0.4, 0.5) is 0 Å². The van der Waals surface area contributed by atoms with Crippen molar-refractivity contribution in [2.75, 3.05) is 13.1 Å². The molecule has 1 atom stereocenters. The second kappa shape index (κ2) is 8.90. The van der Waals surface area contributed by atoms with E-state index < -0.39 is 10.0 Å². The van der Waals surface area contributed by atoms with E-state index in [0.29, 0.717) is 24.6 Å². The van der Waals surface area contributed by atoms with Gasteiger partial charge in [0, 0.05) is 18.7 Å². The summed E-state index contributed by atoms with van der Waals surface area (Å²) in [6.07, 6.45) is 1.73. The van der Waals surface area contributed by atoms with Gasteiger partial charge in [0.2, 0.25) is 10.0 Å². The molecule has 0 spiro atoms. The SMILES string of the molecule is Cc1ccc([C@@H](C)NC(=O)c2cc(S(=O)(=O)N3CCC(C)CC3)ccc2C)c(C)c1. The molecular weight excluding hydrogens is 396 g/mol. The summed E-state index contributed by atoms with van der Waals surface area (Å²) in [7, 11) is -3.60. The van der Waals surface area contributed by atoms with Crippen molar-refractivity contribution in [3.05, 3.63) is 64.2 Å². The molecule has 1 heterocycles. The molecule has 30 heavy (non-hydrogen) atoms. The van der Waals surface area contributed by atoms with E-state index in [-0.39, 0.29) is 16.8 Å². The minimum absolute atomic E-state index is 0.179. The van der Waals surface area contributed by atoms with E-state index in [1.807, 2.05) is 39.8 Å². The number of piperidine rings is 1. The summed E-state index contributed by atoms with van der Waals surface area (Å²) in [5.74, 6) is 0.284. The summed E-state index contributed by atoms with van der Waals surface area (Å²) in [5, 5.41) is 3.03. The quantitative estimate of drug-likeness (QED) is 0.761. The molecule has 1 N–H and O–H groups in total. The molecule has 3 rings (SSSR count). The van der Waals surface area contributed by atoms with Gasteiger partial charge in [-0.05, 0) is 75.3 Å². The molecule has 0 aliphatic carbocycles. The molecule has 1 aliphatic rings. The molecule has 0 saturated carbocycles. The Labute approximate surface area is 180 Å². The molecule has 5 nitrogen and oxygen atoms in total. The lowest BCUT2D eigenvalue weighted by molar-refractivity contribution is 0.0939. The van der Waals surface area contributed by atoms with Crippen LogP contribution < -0.4 is 5.32 Å². The van der Waals surface area contributed by atoms with Gasteiger partial charge in [0.15, 0.2) is 0 Å². The largest absolute Gasteiger partial charge is 0.345 e. The van der Waals surface area contributed by atoms with Crippen LogP contribution in [-0.4, -0.2) is 31.7 Å². The van der Waals surface area contributed by atoms with Gasteiger partial charge in [-0.2, -0.15) is 4.31 Å². The minimum Gasteiger partial charge on any atom is -0.345 e. The first kappa shape index (κ1) is 22.5. The molecule has 1 fully saturated rings. The highest BCUT2D eigenvalue weighted by Crippen LogP contribution is 2.25. The first-order chi connectivity index (χ1) is 14.1. The van der Waals surface area contributed by atoms with Crippen LogP contribution in [0, 0.1) is 26.7 Å². The van der Waals surface area contributed by atoms with E-state index in [2.05, 4.69) is 18.3 Å². The van der Waals surface area contributed by atoms with Crippen molar-refractivity contribution >= 4 is 15.9 Å². The Kier molecular flexibility index (Phi) is 6.68. The summed E-state index contributed by atoms with van der Waals surface area (Å²) in [6.45, 7) is 11.1. The number of amides is 1. The molecule has 1 saturated heterocycles. The Balaban J connectivity index is 1.83. The summed E-state index contributed by atoms with van der Waals surface area (Å²) in [6, 6.07) is 10.8. The van der Waals surface area contributed by atoms with Crippen molar-refractivity contribution in [3.63, 3.8) is 0 Å². The topological polar surface area (TPSA) is 66.5 Å². The maximum absolute atomic E-state index is 13.1. The summed E-state index contributed by atoms with van der Waals surface area (Å²) < 4.78 is 27.7. The van der Waals surface area contributed by atoms with Crippen LogP contribution in [0.25, 0.3) is 0 Å². The average molecular weight is 429 g/mol. The summed E-state index contributed by atoms with van der Waals surface area (Å²) in [4.78, 5) is 13.2. The van der Waals surface area contributed by atoms with Gasteiger partial charge in [-0.15, -0.1) is 0 Å². The van der Waals surface area contributed by atoms with Crippen molar-refractivity contribution in [1.82, 2.24) is 9.62 Å². The number of nitrogens with zero attached hydrogens (tertiary/aromatic N) is 1. The number of carbonyl (C=O) groups excluding carboxylic acids is 1. The zero-order chi connectivity index (χ0) is 22.1. The Morgan fingerprint density at radius 1 is 1.03 bits per heavy atom. The van der Waals surface area contributed by atoms with Crippen molar-refractivity contribution < 1.29 is 13.2 Å². The number of aryl methyl sites for hydroxylation is 3. The third-order valence-corrected chi connectivity index (χ3v) is 7.97. The maximum atomic E-state index is 13.1. The second-order valence-electron chi connectivity index (χ2n) is 8.62. The van der Waals surface area contributed by atoms with E-state index in [0.717, 1.165) is 29.5 Å². The van der Waals surface area contributed by atoms with Gasteiger partial charge in [0.1, 0.15) is 0 Å². The zero-order valence-electron chi connectivity index (χ0n) is 18.5. The molecule has 2 aromatic carbocycles. The van der Waals surface area contributed by atoms with Crippen molar-refractivity contribution in [1.29, 1.82) is 0 Å². The van der Waals surface area contributed by atoms with Crippen LogP contribution in [0.3, 0.4) is 0 Å². The highest BCUT2D eigenvalue weighted by atomic mass is 32.2. The standard InChI is InChI=1S/C24H32N2O3S/c1-16-10-12-26(13-11-16)30(28,29)21-8-7-18(3)23(15-21)24(27)25-20(5)22-9-6-17(2)14-19(22)4/h6-9,14-16,20H,10-13H2,1-5H3,(H,25,27)/t20-/m1/s1. The number of carbonyl (C=O) groups is 1. The predicted octanol–water partition coefficient (Wildman–Crippen LogP) is 4.52. The molecule has 0 bridgehead atoms. The lowest BCUT2D eigenvalue weighted by Crippen LogP contribution is -2.38. The van der Waals surface area contributed by atoms with Crippen LogP contribution in [0.5, 0.6) is 0 Å². The number of hydrogen-bond acceptors (Lipinski definition) is 3. The Bertz CT molecular complexity index is 1040. The van der Waals surface area contributed by atoms with E-state index in [1.165, 1.54) is 15.9 Å². The fourth-order valence-corrected chi connectivity index (χ4v) is 5.54. The molecule has 0 unspecified atom stereocenters. The molecule has 0 radical (unpaired) electrons. The Hall–Kier alpha value is -2.18. The van der Waals surface area contributed by atoms with Crippen LogP contribution in [0.15, 0.2) is 41.3 Å². The van der Waals surface area contributed by atoms with Crippen LogP contribution in [0.1, 0.15) is 65.3 Å². The molecule has 2 aromatic rings. The lowest BCUT2D eigenvalue weighted by Gasteiger charge is -2.29. The first-order valence-corrected chi connectivity index (χ1v) is 12.0. The third-order valence-electron chi connectivity index (χ3n) is 6.07. The minimum atomic E-state index is -3.60. The molecule has 0 aromatic heterocycles. The smallest absolute Gasteiger partial charge is 0.252 e. The Morgan fingerprint density at radius 3 is 2.33 bits per heavy atom. The van der Waals surface area contributed by atoms with Crippen molar-refractivity contribution in [3.8, 4) is 0 Å². The van der Waals surface area contributed by atoms with Gasteiger partial charge in [0.05, 0.1) is 10.9 Å². The van der Waals surface area contributed by atoms with Gasteiger partial charge in [-0.25, -0.2) is 8.42 Å². The van der Waals surface area contributed by atoms with Crippen LogP contribution in [-0.2, 0) is 10.0 Å². The summed E-state index contributed by atoms with van der Waals surface area (Å²) in [5.41, 5.74) is 4.51. The third kappa shape index (κ3) is 4.76. The molecule has 1 amide bonds. The lowest BCUT2D eigenvalue weighted by atomic mass is 9.99.